The van der Waals surface area contributed by atoms with E-state index < -0.39 is 6.04 Å². The van der Waals surface area contributed by atoms with E-state index in [0.29, 0.717) is 24.1 Å². The minimum Gasteiger partial charge on any atom is -0.333 e. The summed E-state index contributed by atoms with van der Waals surface area (Å²) in [4.78, 5) is 55.4. The van der Waals surface area contributed by atoms with Crippen LogP contribution in [0, 0.1) is 11.8 Å². The van der Waals surface area contributed by atoms with Crippen LogP contribution in [-0.4, -0.2) is 46.4 Å². The lowest BCUT2D eigenvalue weighted by molar-refractivity contribution is -0.145. The van der Waals surface area contributed by atoms with E-state index in [4.69, 9.17) is 0 Å². The molecule has 0 bridgehead atoms. The first-order valence-corrected chi connectivity index (χ1v) is 11.8. The fraction of sp³-hybridized carbons (Fsp3) is 0.407. The third-order valence-corrected chi connectivity index (χ3v) is 7.53. The number of rotatable bonds is 4. The highest BCUT2D eigenvalue weighted by Crippen LogP contribution is 2.38. The third-order valence-electron chi connectivity index (χ3n) is 7.53. The molecule has 0 spiro atoms. The summed E-state index contributed by atoms with van der Waals surface area (Å²) in [6.07, 6.45) is 4.08. The molecule has 0 saturated heterocycles. The minimum atomic E-state index is -0.417. The fourth-order valence-corrected chi connectivity index (χ4v) is 5.82. The molecule has 3 amide bonds. The van der Waals surface area contributed by atoms with Crippen LogP contribution in [0.25, 0.3) is 0 Å². The summed E-state index contributed by atoms with van der Waals surface area (Å²) >= 11 is 0. The van der Waals surface area contributed by atoms with Crippen molar-refractivity contribution >= 4 is 23.5 Å². The van der Waals surface area contributed by atoms with Crippen molar-refractivity contribution < 1.29 is 19.2 Å². The van der Waals surface area contributed by atoms with Gasteiger partial charge in [-0.25, -0.2) is 0 Å². The van der Waals surface area contributed by atoms with Gasteiger partial charge in [-0.1, -0.05) is 49.2 Å². The predicted molar refractivity (Wildman–Crippen MR) is 123 cm³/mol. The summed E-state index contributed by atoms with van der Waals surface area (Å²) in [6.45, 7) is 2.22. The number of fused-ring (bicyclic) bond motifs is 2. The zero-order chi connectivity index (χ0) is 23.1. The number of benzene rings is 2. The number of imide groups is 1. The molecular formula is C27H28N2O4. The highest BCUT2D eigenvalue weighted by atomic mass is 16.2. The zero-order valence-corrected chi connectivity index (χ0v) is 18.8. The van der Waals surface area contributed by atoms with Crippen LogP contribution in [0.4, 0.5) is 0 Å². The maximum atomic E-state index is 13.8. The predicted octanol–water partition coefficient (Wildman–Crippen LogP) is 3.80. The average molecular weight is 445 g/mol. The summed E-state index contributed by atoms with van der Waals surface area (Å²) < 4.78 is 0. The Hall–Kier alpha value is -3.28. The number of ketones is 1. The van der Waals surface area contributed by atoms with Crippen molar-refractivity contribution in [1.29, 1.82) is 0 Å². The number of hydrogen-bond acceptors (Lipinski definition) is 4. The second kappa shape index (κ2) is 8.58. The molecule has 0 unspecified atom stereocenters. The second-order valence-corrected chi connectivity index (χ2v) is 9.37. The van der Waals surface area contributed by atoms with Gasteiger partial charge < -0.3 is 4.90 Å². The van der Waals surface area contributed by atoms with Crippen molar-refractivity contribution in [3.8, 4) is 0 Å². The van der Waals surface area contributed by atoms with E-state index >= 15 is 0 Å². The van der Waals surface area contributed by atoms with Crippen molar-refractivity contribution in [3.63, 3.8) is 0 Å². The molecule has 1 fully saturated rings. The van der Waals surface area contributed by atoms with Crippen molar-refractivity contribution in [2.24, 2.45) is 11.8 Å². The Kier molecular flexibility index (Phi) is 5.60. The van der Waals surface area contributed by atoms with Gasteiger partial charge in [0.25, 0.3) is 11.8 Å². The van der Waals surface area contributed by atoms with Crippen molar-refractivity contribution in [2.45, 2.75) is 45.1 Å². The molecule has 2 heterocycles. The molecule has 3 atom stereocenters. The van der Waals surface area contributed by atoms with Crippen LogP contribution in [0.3, 0.4) is 0 Å². The molecule has 0 aromatic heterocycles. The van der Waals surface area contributed by atoms with Crippen molar-refractivity contribution in [3.05, 3.63) is 70.8 Å². The Balaban J connectivity index is 1.48. The summed E-state index contributed by atoms with van der Waals surface area (Å²) in [5.41, 5.74) is 2.93. The average Bonchev–Trinajstić information content (AvgIpc) is 3.08. The number of carbonyl (C=O) groups is 4. The molecule has 33 heavy (non-hydrogen) atoms. The highest BCUT2D eigenvalue weighted by molar-refractivity contribution is 6.21. The van der Waals surface area contributed by atoms with E-state index in [9.17, 15) is 19.2 Å². The first-order valence-electron chi connectivity index (χ1n) is 11.8. The lowest BCUT2D eigenvalue weighted by Crippen LogP contribution is -2.50. The van der Waals surface area contributed by atoms with Gasteiger partial charge in [-0.15, -0.1) is 0 Å². The van der Waals surface area contributed by atoms with E-state index in [-0.39, 0.29) is 41.9 Å². The second-order valence-electron chi connectivity index (χ2n) is 9.37. The van der Waals surface area contributed by atoms with Crippen LogP contribution in [0.2, 0.25) is 0 Å². The molecular weight excluding hydrogens is 416 g/mol. The standard InChI is InChI=1S/C27H28N2O4/c1-17(30)19-9-4-5-11-21(19)25(31)28-15-14-18-8-2-3-10-20(18)24(28)16-29-26(32)22-12-6-7-13-23(22)27(29)33/h2-3,6-8,10,12-13,19,21,24H,4-5,9,11,14-16H2,1H3/t19-,21-,24-/m1/s1. The van der Waals surface area contributed by atoms with Crippen LogP contribution in [-0.2, 0) is 16.0 Å². The lowest BCUT2D eigenvalue weighted by atomic mass is 9.76. The van der Waals surface area contributed by atoms with Crippen LogP contribution >= 0.6 is 0 Å². The summed E-state index contributed by atoms with van der Waals surface area (Å²) in [6, 6.07) is 14.4. The number of Topliss-reactive ketones (excluding diaryl/α,β-unsaturated/α-hetero) is 1. The minimum absolute atomic E-state index is 0.0222. The van der Waals surface area contributed by atoms with Crippen LogP contribution in [0.1, 0.15) is 70.5 Å². The Morgan fingerprint density at radius 1 is 0.879 bits per heavy atom. The maximum absolute atomic E-state index is 13.8. The number of amides is 3. The Morgan fingerprint density at radius 2 is 1.48 bits per heavy atom. The highest BCUT2D eigenvalue weighted by Gasteiger charge is 2.43. The third kappa shape index (κ3) is 3.67. The van der Waals surface area contributed by atoms with E-state index in [1.54, 1.807) is 31.2 Å². The summed E-state index contributed by atoms with van der Waals surface area (Å²) in [5, 5.41) is 0. The Labute approximate surface area is 193 Å². The number of hydrogen-bond donors (Lipinski definition) is 0. The van der Waals surface area contributed by atoms with Gasteiger partial charge in [-0.3, -0.25) is 24.1 Å². The molecule has 1 saturated carbocycles. The number of carbonyl (C=O) groups excluding carboxylic acids is 4. The quantitative estimate of drug-likeness (QED) is 0.673. The molecule has 0 N–H and O–H groups in total. The van der Waals surface area contributed by atoms with Crippen LogP contribution < -0.4 is 0 Å². The smallest absolute Gasteiger partial charge is 0.261 e. The van der Waals surface area contributed by atoms with Crippen LogP contribution in [0.15, 0.2) is 48.5 Å². The van der Waals surface area contributed by atoms with E-state index in [1.807, 2.05) is 29.2 Å². The summed E-state index contributed by atoms with van der Waals surface area (Å²) in [5.74, 6) is -1.15. The zero-order valence-electron chi connectivity index (χ0n) is 18.8. The molecule has 6 heteroatoms. The molecule has 5 rings (SSSR count). The molecule has 3 aliphatic rings. The molecule has 2 aliphatic heterocycles. The van der Waals surface area contributed by atoms with Gasteiger partial charge in [-0.05, 0) is 49.4 Å². The fourth-order valence-electron chi connectivity index (χ4n) is 5.82. The number of nitrogens with zero attached hydrogens (tertiary/aromatic N) is 2. The molecule has 0 radical (unpaired) electrons. The van der Waals surface area contributed by atoms with Gasteiger partial charge in [0.15, 0.2) is 0 Å². The first kappa shape index (κ1) is 21.6. The normalized spacial score (nSPS) is 24.5. The van der Waals surface area contributed by atoms with Gasteiger partial charge in [0, 0.05) is 18.4 Å². The van der Waals surface area contributed by atoms with Gasteiger partial charge in [0.05, 0.1) is 23.7 Å². The Bertz CT molecular complexity index is 1110. The lowest BCUT2D eigenvalue weighted by Gasteiger charge is -2.42. The Morgan fingerprint density at radius 3 is 2.15 bits per heavy atom. The topological polar surface area (TPSA) is 74.8 Å². The van der Waals surface area contributed by atoms with Gasteiger partial charge in [0.2, 0.25) is 5.91 Å². The molecule has 6 nitrogen and oxygen atoms in total. The molecule has 170 valence electrons. The SMILES string of the molecule is CC(=O)[C@H]1CCCC[C@H]1C(=O)N1CCc2ccccc2[C@H]1CN1C(=O)c2ccccc2C1=O. The van der Waals surface area contributed by atoms with Gasteiger partial charge >= 0.3 is 0 Å². The first-order chi connectivity index (χ1) is 16.0. The van der Waals surface area contributed by atoms with E-state index in [0.717, 1.165) is 36.8 Å². The molecule has 1 aliphatic carbocycles. The molecule has 2 aromatic carbocycles. The maximum Gasteiger partial charge on any atom is 0.261 e. The van der Waals surface area contributed by atoms with Crippen molar-refractivity contribution in [2.75, 3.05) is 13.1 Å². The van der Waals surface area contributed by atoms with E-state index in [2.05, 4.69) is 0 Å². The van der Waals surface area contributed by atoms with Crippen LogP contribution in [0.5, 0.6) is 0 Å². The van der Waals surface area contributed by atoms with E-state index in [1.165, 1.54) is 4.90 Å². The summed E-state index contributed by atoms with van der Waals surface area (Å²) in [7, 11) is 0. The largest absolute Gasteiger partial charge is 0.333 e. The van der Waals surface area contributed by atoms with Crippen molar-refractivity contribution in [1.82, 2.24) is 9.80 Å². The monoisotopic (exact) mass is 444 g/mol. The molecule has 2 aromatic rings. The van der Waals surface area contributed by atoms with Gasteiger partial charge in [0.1, 0.15) is 5.78 Å². The van der Waals surface area contributed by atoms with Gasteiger partial charge in [-0.2, -0.15) is 0 Å².